The van der Waals surface area contributed by atoms with Crippen LogP contribution in [0.15, 0.2) is 12.2 Å². The summed E-state index contributed by atoms with van der Waals surface area (Å²) in [6.07, 6.45) is 59.4. The maximum atomic E-state index is 12.8. The van der Waals surface area contributed by atoms with Crippen molar-refractivity contribution in [2.24, 2.45) is 0 Å². The van der Waals surface area contributed by atoms with Crippen LogP contribution in [0.3, 0.4) is 0 Å². The quantitative estimate of drug-likeness (QED) is 0.0262. The van der Waals surface area contributed by atoms with E-state index in [1.807, 2.05) is 0 Å². The van der Waals surface area contributed by atoms with E-state index in [1.54, 1.807) is 0 Å². The van der Waals surface area contributed by atoms with E-state index in [2.05, 4.69) is 32.9 Å². The molecule has 0 saturated heterocycles. The van der Waals surface area contributed by atoms with Gasteiger partial charge in [-0.1, -0.05) is 270 Å². The number of rotatable bonds is 52. The summed E-state index contributed by atoms with van der Waals surface area (Å²) in [5.41, 5.74) is 0. The highest BCUT2D eigenvalue weighted by atomic mass is 16.6. The highest BCUT2D eigenvalue weighted by molar-refractivity contribution is 5.71. The molecule has 63 heavy (non-hydrogen) atoms. The van der Waals surface area contributed by atoms with E-state index < -0.39 is 6.10 Å². The van der Waals surface area contributed by atoms with Gasteiger partial charge in [0.2, 0.25) is 0 Å². The average Bonchev–Trinajstić information content (AvgIpc) is 3.28. The molecule has 0 aromatic rings. The molecule has 0 aromatic carbocycles. The van der Waals surface area contributed by atoms with Crippen molar-refractivity contribution >= 4 is 17.9 Å². The summed E-state index contributed by atoms with van der Waals surface area (Å²) < 4.78 is 16.8. The molecule has 0 aliphatic heterocycles. The molecular formula is C57H108O6. The molecule has 0 heterocycles. The number of allylic oxidation sites excluding steroid dienone is 2. The lowest BCUT2D eigenvalue weighted by atomic mass is 10.0. The Bertz CT molecular complexity index is 978. The molecule has 0 bridgehead atoms. The van der Waals surface area contributed by atoms with Gasteiger partial charge in [0, 0.05) is 19.3 Å². The number of carbonyl (C=O) groups excluding carboxylic acids is 3. The maximum absolute atomic E-state index is 12.8. The molecule has 0 radical (unpaired) electrons. The predicted octanol–water partition coefficient (Wildman–Crippen LogP) is 18.5. The van der Waals surface area contributed by atoms with E-state index in [-0.39, 0.29) is 31.1 Å². The van der Waals surface area contributed by atoms with Crippen LogP contribution >= 0.6 is 0 Å². The minimum absolute atomic E-state index is 0.0672. The predicted molar refractivity (Wildman–Crippen MR) is 270 cm³/mol. The fourth-order valence-electron chi connectivity index (χ4n) is 8.51. The Morgan fingerprint density at radius 2 is 0.556 bits per heavy atom. The summed E-state index contributed by atoms with van der Waals surface area (Å²) in [6.45, 7) is 6.61. The second-order valence-electron chi connectivity index (χ2n) is 19.2. The zero-order valence-corrected chi connectivity index (χ0v) is 42.6. The zero-order valence-electron chi connectivity index (χ0n) is 42.6. The van der Waals surface area contributed by atoms with Gasteiger partial charge in [-0.25, -0.2) is 0 Å². The van der Waals surface area contributed by atoms with Crippen molar-refractivity contribution in [2.75, 3.05) is 13.2 Å². The standard InChI is InChI=1S/C57H108O6/c1-4-7-10-13-16-19-22-23-24-25-26-27-28-29-30-31-32-33-34-36-38-41-44-47-50-56(59)62-53-54(52-61-55(58)49-46-43-40-37-21-18-15-12-9-6-3)63-57(60)51-48-45-42-39-35-20-17-14-11-8-5-2/h12,15,54H,4-11,13-14,16-53H2,1-3H3/b15-12-. The first-order valence-corrected chi connectivity index (χ1v) is 28.2. The van der Waals surface area contributed by atoms with Crippen LogP contribution < -0.4 is 0 Å². The third kappa shape index (κ3) is 51.0. The molecule has 6 nitrogen and oxygen atoms in total. The van der Waals surface area contributed by atoms with Crippen molar-refractivity contribution in [3.05, 3.63) is 12.2 Å². The summed E-state index contributed by atoms with van der Waals surface area (Å²) in [4.78, 5) is 37.9. The lowest BCUT2D eigenvalue weighted by Crippen LogP contribution is -2.30. The maximum Gasteiger partial charge on any atom is 0.306 e. The van der Waals surface area contributed by atoms with Crippen LogP contribution in [-0.2, 0) is 28.6 Å². The molecule has 0 amide bonds. The van der Waals surface area contributed by atoms with Gasteiger partial charge in [-0.3, -0.25) is 14.4 Å². The molecule has 372 valence electrons. The van der Waals surface area contributed by atoms with E-state index in [9.17, 15) is 14.4 Å². The smallest absolute Gasteiger partial charge is 0.306 e. The summed E-state index contributed by atoms with van der Waals surface area (Å²) in [5.74, 6) is -0.861. The van der Waals surface area contributed by atoms with E-state index in [4.69, 9.17) is 14.2 Å². The van der Waals surface area contributed by atoms with Crippen LogP contribution in [0.4, 0.5) is 0 Å². The lowest BCUT2D eigenvalue weighted by Gasteiger charge is -2.18. The Morgan fingerprint density at radius 1 is 0.302 bits per heavy atom. The molecule has 6 heteroatoms. The molecule has 0 N–H and O–H groups in total. The number of hydrogen-bond acceptors (Lipinski definition) is 6. The van der Waals surface area contributed by atoms with Gasteiger partial charge in [-0.2, -0.15) is 0 Å². The van der Waals surface area contributed by atoms with Gasteiger partial charge in [-0.15, -0.1) is 0 Å². The molecule has 0 saturated carbocycles. The SMILES string of the molecule is CCC/C=C\CCCCCCCC(=O)OCC(COC(=O)CCCCCCCCCCCCCCCCCCCCCCCCCC)OC(=O)CCCCCCCCCCCCC. The van der Waals surface area contributed by atoms with Gasteiger partial charge >= 0.3 is 17.9 Å². The van der Waals surface area contributed by atoms with Crippen molar-refractivity contribution in [2.45, 2.75) is 322 Å². The zero-order chi connectivity index (χ0) is 45.8. The number of ether oxygens (including phenoxy) is 3. The minimum Gasteiger partial charge on any atom is -0.462 e. The van der Waals surface area contributed by atoms with Crippen molar-refractivity contribution in [1.82, 2.24) is 0 Å². The van der Waals surface area contributed by atoms with Crippen molar-refractivity contribution in [1.29, 1.82) is 0 Å². The molecule has 0 spiro atoms. The van der Waals surface area contributed by atoms with Crippen LogP contribution in [0.2, 0.25) is 0 Å². The first-order valence-electron chi connectivity index (χ1n) is 28.2. The molecule has 1 unspecified atom stereocenters. The van der Waals surface area contributed by atoms with Gasteiger partial charge in [0.25, 0.3) is 0 Å². The highest BCUT2D eigenvalue weighted by Crippen LogP contribution is 2.17. The van der Waals surface area contributed by atoms with Crippen LogP contribution in [0, 0.1) is 0 Å². The number of esters is 3. The summed E-state index contributed by atoms with van der Waals surface area (Å²) in [6, 6.07) is 0. The summed E-state index contributed by atoms with van der Waals surface area (Å²) in [7, 11) is 0. The minimum atomic E-state index is -0.766. The summed E-state index contributed by atoms with van der Waals surface area (Å²) >= 11 is 0. The second kappa shape index (κ2) is 52.8. The Balaban J connectivity index is 4.11. The fraction of sp³-hybridized carbons (Fsp3) is 0.912. The number of carbonyl (C=O) groups is 3. The van der Waals surface area contributed by atoms with E-state index in [0.717, 1.165) is 70.6 Å². The largest absolute Gasteiger partial charge is 0.462 e. The molecule has 0 rings (SSSR count). The monoisotopic (exact) mass is 889 g/mol. The van der Waals surface area contributed by atoms with Crippen molar-refractivity contribution in [3.8, 4) is 0 Å². The van der Waals surface area contributed by atoms with Crippen LogP contribution in [0.1, 0.15) is 316 Å². The van der Waals surface area contributed by atoms with E-state index >= 15 is 0 Å². The van der Waals surface area contributed by atoms with E-state index in [1.165, 1.54) is 205 Å². The lowest BCUT2D eigenvalue weighted by molar-refractivity contribution is -0.167. The van der Waals surface area contributed by atoms with Crippen LogP contribution in [0.25, 0.3) is 0 Å². The third-order valence-electron chi connectivity index (χ3n) is 12.8. The first kappa shape index (κ1) is 61.1. The normalized spacial score (nSPS) is 12.0. The van der Waals surface area contributed by atoms with Gasteiger partial charge in [0.1, 0.15) is 13.2 Å². The van der Waals surface area contributed by atoms with Gasteiger partial charge in [0.15, 0.2) is 6.10 Å². The van der Waals surface area contributed by atoms with Gasteiger partial charge in [0.05, 0.1) is 0 Å². The average molecular weight is 889 g/mol. The third-order valence-corrected chi connectivity index (χ3v) is 12.8. The van der Waals surface area contributed by atoms with E-state index in [0.29, 0.717) is 19.3 Å². The molecular weight excluding hydrogens is 781 g/mol. The van der Waals surface area contributed by atoms with Crippen LogP contribution in [0.5, 0.6) is 0 Å². The fourth-order valence-corrected chi connectivity index (χ4v) is 8.51. The Morgan fingerprint density at radius 3 is 0.857 bits per heavy atom. The van der Waals surface area contributed by atoms with Gasteiger partial charge in [-0.05, 0) is 38.5 Å². The first-order chi connectivity index (χ1) is 31.0. The Labute approximate surface area is 392 Å². The molecule has 0 aliphatic rings. The molecule has 0 aliphatic carbocycles. The second-order valence-corrected chi connectivity index (χ2v) is 19.2. The summed E-state index contributed by atoms with van der Waals surface area (Å²) in [5, 5.41) is 0. The molecule has 1 atom stereocenters. The molecule has 0 fully saturated rings. The molecule has 0 aromatic heterocycles. The highest BCUT2D eigenvalue weighted by Gasteiger charge is 2.19. The number of unbranched alkanes of at least 4 members (excludes halogenated alkanes) is 39. The van der Waals surface area contributed by atoms with Crippen molar-refractivity contribution < 1.29 is 28.6 Å². The van der Waals surface area contributed by atoms with Gasteiger partial charge < -0.3 is 14.2 Å². The topological polar surface area (TPSA) is 78.9 Å². The Kier molecular flexibility index (Phi) is 51.2. The van der Waals surface area contributed by atoms with Crippen molar-refractivity contribution in [3.63, 3.8) is 0 Å². The number of hydrogen-bond donors (Lipinski definition) is 0. The Hall–Kier alpha value is -1.85. The van der Waals surface area contributed by atoms with Crippen LogP contribution in [-0.4, -0.2) is 37.2 Å².